The topological polar surface area (TPSA) is 48.7 Å². The van der Waals surface area contributed by atoms with Crippen LogP contribution in [0.4, 0.5) is 0 Å². The number of aromatic nitrogens is 1. The lowest BCUT2D eigenvalue weighted by Gasteiger charge is -2.21. The third-order valence-corrected chi connectivity index (χ3v) is 3.89. The first-order valence-electron chi connectivity index (χ1n) is 5.58. The van der Waals surface area contributed by atoms with Crippen LogP contribution in [0.5, 0.6) is 0 Å². The number of hydrogen-bond acceptors (Lipinski definition) is 4. The van der Waals surface area contributed by atoms with Gasteiger partial charge in [-0.3, -0.25) is 0 Å². The Bertz CT molecular complexity index is 380. The fraction of sp³-hybridized carbons (Fsp3) is 0.500. The van der Waals surface area contributed by atoms with Crippen LogP contribution in [-0.4, -0.2) is 23.8 Å². The van der Waals surface area contributed by atoms with Crippen LogP contribution in [0.25, 0.3) is 0 Å². The second-order valence-corrected chi connectivity index (χ2v) is 5.06. The molecule has 0 aliphatic carbocycles. The molecular weight excluding hydrogens is 218 g/mol. The molecule has 4 heteroatoms. The Labute approximate surface area is 100 Å². The first-order chi connectivity index (χ1) is 7.88. The van der Waals surface area contributed by atoms with Gasteiger partial charge in [-0.1, -0.05) is 0 Å². The van der Waals surface area contributed by atoms with Gasteiger partial charge in [0.25, 0.3) is 0 Å². The molecule has 84 valence electrons. The Morgan fingerprint density at radius 1 is 1.62 bits per heavy atom. The Balaban J connectivity index is 1.86. The van der Waals surface area contributed by atoms with E-state index in [0.29, 0.717) is 5.56 Å². The van der Waals surface area contributed by atoms with E-state index in [-0.39, 0.29) is 0 Å². The maximum Gasteiger partial charge on any atom is 0.0993 e. The highest BCUT2D eigenvalue weighted by molar-refractivity contribution is 7.99. The summed E-state index contributed by atoms with van der Waals surface area (Å²) < 4.78 is 0. The van der Waals surface area contributed by atoms with Crippen LogP contribution in [0.2, 0.25) is 0 Å². The van der Waals surface area contributed by atoms with Crippen molar-refractivity contribution in [1.29, 1.82) is 5.26 Å². The van der Waals surface area contributed by atoms with Crippen molar-refractivity contribution in [2.45, 2.75) is 17.9 Å². The molecule has 0 bridgehead atoms. The molecule has 1 aliphatic rings. The van der Waals surface area contributed by atoms with Crippen LogP contribution in [-0.2, 0) is 0 Å². The zero-order valence-electron chi connectivity index (χ0n) is 9.15. The summed E-state index contributed by atoms with van der Waals surface area (Å²) in [6.45, 7) is 2.27. The van der Waals surface area contributed by atoms with E-state index in [2.05, 4.69) is 16.4 Å². The van der Waals surface area contributed by atoms with Gasteiger partial charge in [0.05, 0.1) is 16.7 Å². The molecule has 2 heterocycles. The lowest BCUT2D eigenvalue weighted by molar-refractivity contribution is 0.410. The van der Waals surface area contributed by atoms with Gasteiger partial charge in [-0.15, -0.1) is 11.8 Å². The second-order valence-electron chi connectivity index (χ2n) is 4.02. The third kappa shape index (κ3) is 3.22. The average molecular weight is 233 g/mol. The predicted molar refractivity (Wildman–Crippen MR) is 65.3 cm³/mol. The van der Waals surface area contributed by atoms with Crippen molar-refractivity contribution in [3.8, 4) is 6.07 Å². The van der Waals surface area contributed by atoms with E-state index < -0.39 is 0 Å². The maximum absolute atomic E-state index is 8.78. The summed E-state index contributed by atoms with van der Waals surface area (Å²) in [6.07, 6.45) is 4.29. The molecule has 1 fully saturated rings. The Hall–Kier alpha value is -1.05. The fourth-order valence-corrected chi connectivity index (χ4v) is 2.86. The number of nitrogens with zero attached hydrogens (tertiary/aromatic N) is 2. The predicted octanol–water partition coefficient (Wildman–Crippen LogP) is 2.04. The normalized spacial score (nSPS) is 20.3. The molecule has 3 nitrogen and oxygen atoms in total. The van der Waals surface area contributed by atoms with Crippen LogP contribution in [0.1, 0.15) is 18.4 Å². The molecule has 16 heavy (non-hydrogen) atoms. The summed E-state index contributed by atoms with van der Waals surface area (Å²) >= 11 is 1.75. The van der Waals surface area contributed by atoms with Gasteiger partial charge in [0.1, 0.15) is 0 Å². The Morgan fingerprint density at radius 3 is 3.31 bits per heavy atom. The van der Waals surface area contributed by atoms with Crippen molar-refractivity contribution < 1.29 is 0 Å². The van der Waals surface area contributed by atoms with Gasteiger partial charge >= 0.3 is 0 Å². The third-order valence-electron chi connectivity index (χ3n) is 2.73. The highest BCUT2D eigenvalue weighted by Gasteiger charge is 2.13. The van der Waals surface area contributed by atoms with Gasteiger partial charge in [0.15, 0.2) is 0 Å². The van der Waals surface area contributed by atoms with Gasteiger partial charge in [0.2, 0.25) is 0 Å². The smallest absolute Gasteiger partial charge is 0.0993 e. The van der Waals surface area contributed by atoms with Gasteiger partial charge in [-0.25, -0.2) is 4.98 Å². The summed E-state index contributed by atoms with van der Waals surface area (Å²) in [5.74, 6) is 1.83. The van der Waals surface area contributed by atoms with Crippen LogP contribution in [0, 0.1) is 17.2 Å². The van der Waals surface area contributed by atoms with Gasteiger partial charge in [0, 0.05) is 11.9 Å². The molecular formula is C12H15N3S. The molecule has 1 atom stereocenters. The molecule has 1 N–H and O–H groups in total. The second kappa shape index (κ2) is 5.88. The van der Waals surface area contributed by atoms with Crippen molar-refractivity contribution in [3.05, 3.63) is 23.9 Å². The SMILES string of the molecule is N#Cc1ccnc(SC[C@@H]2CCCNC2)c1. The molecule has 0 spiro atoms. The van der Waals surface area contributed by atoms with Crippen LogP contribution in [0.3, 0.4) is 0 Å². The Kier molecular flexibility index (Phi) is 4.20. The van der Waals surface area contributed by atoms with E-state index in [9.17, 15) is 0 Å². The van der Waals surface area contributed by atoms with E-state index in [1.54, 1.807) is 24.0 Å². The molecule has 0 saturated carbocycles. The minimum Gasteiger partial charge on any atom is -0.316 e. The molecule has 0 unspecified atom stereocenters. The van der Waals surface area contributed by atoms with E-state index >= 15 is 0 Å². The van der Waals surface area contributed by atoms with E-state index in [1.165, 1.54) is 12.8 Å². The van der Waals surface area contributed by atoms with Crippen LogP contribution >= 0.6 is 11.8 Å². The standard InChI is InChI=1S/C12H15N3S/c13-7-10-3-5-15-12(6-10)16-9-11-2-1-4-14-8-11/h3,5-6,11,14H,1-2,4,8-9H2/t11-/m1/s1. The van der Waals surface area contributed by atoms with Gasteiger partial charge < -0.3 is 5.32 Å². The zero-order valence-corrected chi connectivity index (χ0v) is 9.96. The number of nitriles is 1. The molecule has 0 radical (unpaired) electrons. The largest absolute Gasteiger partial charge is 0.316 e. The number of thioether (sulfide) groups is 1. The van der Waals surface area contributed by atoms with Crippen molar-refractivity contribution in [3.63, 3.8) is 0 Å². The zero-order chi connectivity index (χ0) is 11.2. The minimum atomic E-state index is 0.694. The van der Waals surface area contributed by atoms with Crippen molar-refractivity contribution in [1.82, 2.24) is 10.3 Å². The van der Waals surface area contributed by atoms with E-state index in [1.807, 2.05) is 6.07 Å². The summed E-state index contributed by atoms with van der Waals surface area (Å²) in [7, 11) is 0. The molecule has 2 rings (SSSR count). The van der Waals surface area contributed by atoms with Crippen molar-refractivity contribution in [2.75, 3.05) is 18.8 Å². The number of rotatable bonds is 3. The average Bonchev–Trinajstić information content (AvgIpc) is 2.38. The lowest BCUT2D eigenvalue weighted by Crippen LogP contribution is -2.30. The van der Waals surface area contributed by atoms with Crippen molar-refractivity contribution in [2.24, 2.45) is 5.92 Å². The number of nitrogens with one attached hydrogen (secondary N) is 1. The van der Waals surface area contributed by atoms with E-state index in [0.717, 1.165) is 29.8 Å². The first-order valence-corrected chi connectivity index (χ1v) is 6.57. The fourth-order valence-electron chi connectivity index (χ4n) is 1.83. The minimum absolute atomic E-state index is 0.694. The summed E-state index contributed by atoms with van der Waals surface area (Å²) in [4.78, 5) is 4.26. The van der Waals surface area contributed by atoms with Gasteiger partial charge in [-0.2, -0.15) is 5.26 Å². The van der Waals surface area contributed by atoms with E-state index in [4.69, 9.17) is 5.26 Å². The monoisotopic (exact) mass is 233 g/mol. The highest BCUT2D eigenvalue weighted by atomic mass is 32.2. The number of piperidine rings is 1. The van der Waals surface area contributed by atoms with Crippen LogP contribution in [0.15, 0.2) is 23.4 Å². The molecule has 1 aromatic heterocycles. The maximum atomic E-state index is 8.78. The first kappa shape index (κ1) is 11.4. The Morgan fingerprint density at radius 2 is 2.56 bits per heavy atom. The highest BCUT2D eigenvalue weighted by Crippen LogP contribution is 2.22. The lowest BCUT2D eigenvalue weighted by atomic mass is 10.0. The molecule has 1 aliphatic heterocycles. The summed E-state index contributed by atoms with van der Waals surface area (Å²) in [6, 6.07) is 5.74. The number of hydrogen-bond donors (Lipinski definition) is 1. The van der Waals surface area contributed by atoms with Crippen LogP contribution < -0.4 is 5.32 Å². The van der Waals surface area contributed by atoms with Crippen molar-refractivity contribution >= 4 is 11.8 Å². The summed E-state index contributed by atoms with van der Waals surface area (Å²) in [5, 5.41) is 13.2. The quantitative estimate of drug-likeness (QED) is 0.812. The summed E-state index contributed by atoms with van der Waals surface area (Å²) in [5.41, 5.74) is 0.694. The number of pyridine rings is 1. The molecule has 0 aromatic carbocycles. The molecule has 1 saturated heterocycles. The molecule has 0 amide bonds. The van der Waals surface area contributed by atoms with Gasteiger partial charge in [-0.05, 0) is 44.0 Å². The molecule has 1 aromatic rings.